The fraction of sp³-hybridized carbons (Fsp3) is 1.00. The van der Waals surface area contributed by atoms with Crippen molar-refractivity contribution in [2.75, 3.05) is 33.0 Å². The van der Waals surface area contributed by atoms with E-state index in [2.05, 4.69) is 13.8 Å². The van der Waals surface area contributed by atoms with Crippen molar-refractivity contribution < 1.29 is 22.4 Å². The number of hydrogen-bond acceptors (Lipinski definition) is 6. The van der Waals surface area contributed by atoms with Crippen LogP contribution < -0.4 is 5.73 Å². The quantitative estimate of drug-likeness (QED) is 0.241. The molecule has 0 heterocycles. The largest absolute Gasteiger partial charge is 0.681 e. The Morgan fingerprint density at radius 3 is 1.92 bits per heavy atom. The zero-order chi connectivity index (χ0) is 18.3. The Hall–Kier alpha value is -0.0231. The van der Waals surface area contributed by atoms with E-state index in [9.17, 15) is 0 Å². The Kier molecular flexibility index (Phi) is 14.2. The Balaban J connectivity index is 5.39. The summed E-state index contributed by atoms with van der Waals surface area (Å²) >= 11 is 0. The molecule has 0 aromatic rings. The van der Waals surface area contributed by atoms with Gasteiger partial charge in [-0.05, 0) is 40.2 Å². The maximum absolute atomic E-state index is 6.43. The van der Waals surface area contributed by atoms with E-state index in [1.54, 1.807) is 0 Å². The van der Waals surface area contributed by atoms with E-state index >= 15 is 0 Å². The van der Waals surface area contributed by atoms with Crippen molar-refractivity contribution in [3.8, 4) is 0 Å². The van der Waals surface area contributed by atoms with Crippen LogP contribution in [0.25, 0.3) is 0 Å². The van der Waals surface area contributed by atoms with Gasteiger partial charge in [-0.3, -0.25) is 0 Å². The molecule has 0 aliphatic heterocycles. The summed E-state index contributed by atoms with van der Waals surface area (Å²) in [5.74, 6) is -0.758. The third kappa shape index (κ3) is 8.89. The van der Waals surface area contributed by atoms with Crippen molar-refractivity contribution in [1.82, 2.24) is 0 Å². The van der Waals surface area contributed by atoms with Gasteiger partial charge in [0, 0.05) is 39.3 Å². The molecule has 0 amide bonds. The van der Waals surface area contributed by atoms with Gasteiger partial charge in [-0.1, -0.05) is 26.7 Å². The third-order valence-electron chi connectivity index (χ3n) is 3.53. The van der Waals surface area contributed by atoms with E-state index in [-0.39, 0.29) is 0 Å². The molecule has 146 valence electrons. The summed E-state index contributed by atoms with van der Waals surface area (Å²) in [4.78, 5) is 0. The number of nitrogens with two attached hydrogens (primary N) is 1. The monoisotopic (exact) mass is 365 g/mol. The standard InChI is InChI=1S/C17H39NO5Si/c1-6-11-16-22-24(20-9-4,21-10-5)23-17(13-7-2,19-8-3)14-12-15-18/h6-16,18H2,1-5H3. The van der Waals surface area contributed by atoms with Crippen molar-refractivity contribution in [3.05, 3.63) is 0 Å². The molecule has 0 saturated heterocycles. The Morgan fingerprint density at radius 2 is 1.46 bits per heavy atom. The molecule has 0 saturated carbocycles. The van der Waals surface area contributed by atoms with Gasteiger partial charge in [0.25, 0.3) is 0 Å². The van der Waals surface area contributed by atoms with Crippen LogP contribution in [-0.2, 0) is 22.4 Å². The average Bonchev–Trinajstić information content (AvgIpc) is 2.54. The average molecular weight is 366 g/mol. The molecule has 0 radical (unpaired) electrons. The van der Waals surface area contributed by atoms with Crippen LogP contribution in [0.3, 0.4) is 0 Å². The maximum Gasteiger partial charge on any atom is 0.681 e. The van der Waals surface area contributed by atoms with Gasteiger partial charge in [-0.15, -0.1) is 0 Å². The number of hydrogen-bond donors (Lipinski definition) is 1. The minimum Gasteiger partial charge on any atom is -0.351 e. The second-order valence-electron chi connectivity index (χ2n) is 5.66. The smallest absolute Gasteiger partial charge is 0.351 e. The molecule has 24 heavy (non-hydrogen) atoms. The van der Waals surface area contributed by atoms with Crippen LogP contribution in [0, 0.1) is 0 Å². The van der Waals surface area contributed by atoms with Crippen LogP contribution in [0.4, 0.5) is 0 Å². The highest BCUT2D eigenvalue weighted by atomic mass is 28.4. The number of unbranched alkanes of at least 4 members (excludes halogenated alkanes) is 1. The molecule has 0 rings (SSSR count). The molecule has 1 atom stereocenters. The van der Waals surface area contributed by atoms with Gasteiger partial charge in [0.2, 0.25) is 0 Å². The molecule has 0 aromatic heterocycles. The van der Waals surface area contributed by atoms with Crippen molar-refractivity contribution in [2.24, 2.45) is 5.73 Å². The van der Waals surface area contributed by atoms with Crippen LogP contribution in [0.5, 0.6) is 0 Å². The molecule has 0 bridgehead atoms. The van der Waals surface area contributed by atoms with Crippen molar-refractivity contribution in [1.29, 1.82) is 0 Å². The normalized spacial score (nSPS) is 14.8. The van der Waals surface area contributed by atoms with E-state index in [0.29, 0.717) is 39.4 Å². The van der Waals surface area contributed by atoms with Crippen LogP contribution in [0.1, 0.15) is 73.1 Å². The minimum atomic E-state index is -3.26. The molecular formula is C17H39NO5Si. The molecule has 0 fully saturated rings. The SMILES string of the molecule is CCCCO[Si](OCC)(OCC)OC(CCC)(CCCN)OCC. The van der Waals surface area contributed by atoms with Gasteiger partial charge in [-0.25, -0.2) is 0 Å². The van der Waals surface area contributed by atoms with Crippen molar-refractivity contribution in [3.63, 3.8) is 0 Å². The highest BCUT2D eigenvalue weighted by molar-refractivity contribution is 6.53. The highest BCUT2D eigenvalue weighted by Crippen LogP contribution is 2.31. The summed E-state index contributed by atoms with van der Waals surface area (Å²) in [7, 11) is -3.26. The lowest BCUT2D eigenvalue weighted by Crippen LogP contribution is -2.56. The zero-order valence-electron chi connectivity index (χ0n) is 16.4. The predicted octanol–water partition coefficient (Wildman–Crippen LogP) is 3.60. The van der Waals surface area contributed by atoms with Crippen LogP contribution in [0.15, 0.2) is 0 Å². The first-order valence-electron chi connectivity index (χ1n) is 9.53. The second-order valence-corrected chi connectivity index (χ2v) is 7.73. The van der Waals surface area contributed by atoms with Gasteiger partial charge < -0.3 is 28.2 Å². The summed E-state index contributed by atoms with van der Waals surface area (Å²) in [6, 6.07) is 0. The molecule has 1 unspecified atom stereocenters. The van der Waals surface area contributed by atoms with E-state index in [1.165, 1.54) is 0 Å². The molecular weight excluding hydrogens is 326 g/mol. The zero-order valence-corrected chi connectivity index (χ0v) is 17.4. The fourth-order valence-corrected chi connectivity index (χ4v) is 4.80. The Morgan fingerprint density at radius 1 is 0.792 bits per heavy atom. The molecule has 7 heteroatoms. The first-order valence-corrected chi connectivity index (χ1v) is 11.2. The second kappa shape index (κ2) is 14.2. The maximum atomic E-state index is 6.43. The van der Waals surface area contributed by atoms with Gasteiger partial charge in [0.05, 0.1) is 0 Å². The van der Waals surface area contributed by atoms with Crippen LogP contribution in [0.2, 0.25) is 0 Å². The lowest BCUT2D eigenvalue weighted by atomic mass is 10.1. The lowest BCUT2D eigenvalue weighted by molar-refractivity contribution is -0.234. The lowest BCUT2D eigenvalue weighted by Gasteiger charge is -2.39. The van der Waals surface area contributed by atoms with E-state index in [1.807, 2.05) is 20.8 Å². The van der Waals surface area contributed by atoms with E-state index in [4.69, 9.17) is 28.2 Å². The van der Waals surface area contributed by atoms with Gasteiger partial charge in [0.1, 0.15) is 0 Å². The number of rotatable bonds is 17. The summed E-state index contributed by atoms with van der Waals surface area (Å²) < 4.78 is 30.3. The molecule has 0 aliphatic carbocycles. The van der Waals surface area contributed by atoms with Gasteiger partial charge in [-0.2, -0.15) is 0 Å². The van der Waals surface area contributed by atoms with Crippen molar-refractivity contribution in [2.45, 2.75) is 78.9 Å². The van der Waals surface area contributed by atoms with E-state index < -0.39 is 14.8 Å². The summed E-state index contributed by atoms with van der Waals surface area (Å²) in [5.41, 5.74) is 5.71. The fourth-order valence-electron chi connectivity index (χ4n) is 2.55. The summed E-state index contributed by atoms with van der Waals surface area (Å²) in [6.45, 7) is 12.7. The topological polar surface area (TPSA) is 72.2 Å². The summed E-state index contributed by atoms with van der Waals surface area (Å²) in [5, 5.41) is 0. The molecule has 0 aromatic carbocycles. The molecule has 6 nitrogen and oxygen atoms in total. The van der Waals surface area contributed by atoms with Crippen LogP contribution in [-0.4, -0.2) is 47.8 Å². The van der Waals surface area contributed by atoms with Crippen molar-refractivity contribution >= 4 is 9.05 Å². The summed E-state index contributed by atoms with van der Waals surface area (Å²) in [6.07, 6.45) is 5.20. The number of ether oxygens (including phenoxy) is 1. The molecule has 2 N–H and O–H groups in total. The Labute approximate surface area is 149 Å². The van der Waals surface area contributed by atoms with Crippen LogP contribution >= 0.6 is 0 Å². The van der Waals surface area contributed by atoms with E-state index in [0.717, 1.165) is 32.1 Å². The van der Waals surface area contributed by atoms with Gasteiger partial charge in [0.15, 0.2) is 5.79 Å². The third-order valence-corrected chi connectivity index (χ3v) is 5.99. The van der Waals surface area contributed by atoms with Gasteiger partial charge >= 0.3 is 9.05 Å². The highest BCUT2D eigenvalue weighted by Gasteiger charge is 2.52. The minimum absolute atomic E-state index is 0.476. The first kappa shape index (κ1) is 24.0. The Bertz CT molecular complexity index is 282. The molecule has 0 aliphatic rings. The first-order chi connectivity index (χ1) is 11.6. The predicted molar refractivity (Wildman–Crippen MR) is 98.5 cm³/mol. The molecule has 0 spiro atoms.